The monoisotopic (exact) mass is 349 g/mol. The van der Waals surface area contributed by atoms with E-state index in [1.165, 1.54) is 0 Å². The lowest BCUT2D eigenvalue weighted by atomic mass is 10.3. The second-order valence-corrected chi connectivity index (χ2v) is 6.36. The number of rotatable bonds is 8. The number of likely N-dealkylation sites (N-methyl/N-ethyl adjacent to an activating group) is 1. The maximum atomic E-state index is 4.52. The Hall–Kier alpha value is -3.06. The molecule has 2 heterocycles. The second kappa shape index (κ2) is 7.45. The highest BCUT2D eigenvalue weighted by molar-refractivity contribution is 5.77. The number of hydrogen-bond donors (Lipinski definition) is 4. The summed E-state index contributed by atoms with van der Waals surface area (Å²) in [4.78, 5) is 17.9. The fourth-order valence-electron chi connectivity index (χ4n) is 2.92. The van der Waals surface area contributed by atoms with Gasteiger partial charge < -0.3 is 25.5 Å². The molecule has 0 fully saturated rings. The Morgan fingerprint density at radius 1 is 0.769 bits per heavy atom. The predicted octanol–water partition coefficient (Wildman–Crippen LogP) is 2.90. The van der Waals surface area contributed by atoms with Crippen molar-refractivity contribution >= 4 is 34.0 Å². The minimum Gasteiger partial charge on any atom is -0.355 e. The molecule has 0 atom stereocenters. The van der Waals surface area contributed by atoms with Crippen LogP contribution in [0.3, 0.4) is 0 Å². The number of imidazole rings is 2. The van der Waals surface area contributed by atoms with Crippen LogP contribution < -0.4 is 10.6 Å². The summed E-state index contributed by atoms with van der Waals surface area (Å²) in [6, 6.07) is 16.1. The van der Waals surface area contributed by atoms with Gasteiger partial charge in [-0.15, -0.1) is 0 Å². The number of nitrogens with zero attached hydrogens (tertiary/aromatic N) is 3. The Kier molecular flexibility index (Phi) is 4.70. The van der Waals surface area contributed by atoms with Crippen molar-refractivity contribution in [2.24, 2.45) is 0 Å². The topological polar surface area (TPSA) is 84.7 Å². The zero-order chi connectivity index (χ0) is 17.8. The molecule has 0 saturated heterocycles. The Morgan fingerprint density at radius 2 is 1.23 bits per heavy atom. The summed E-state index contributed by atoms with van der Waals surface area (Å²) in [7, 11) is 2.11. The van der Waals surface area contributed by atoms with Crippen molar-refractivity contribution in [3.05, 3.63) is 48.5 Å². The van der Waals surface area contributed by atoms with E-state index < -0.39 is 0 Å². The molecule has 134 valence electrons. The summed E-state index contributed by atoms with van der Waals surface area (Å²) in [6.07, 6.45) is 0. The molecule has 0 amide bonds. The highest BCUT2D eigenvalue weighted by atomic mass is 15.2. The molecule has 4 rings (SSSR count). The van der Waals surface area contributed by atoms with Gasteiger partial charge in [-0.2, -0.15) is 0 Å². The van der Waals surface area contributed by atoms with Gasteiger partial charge in [-0.05, 0) is 31.3 Å². The standard InChI is InChI=1S/C19H23N7/c1-26(12-10-20-18-22-14-6-2-3-7-15(14)23-18)13-11-21-19-24-16-8-4-5-9-17(16)25-19/h2-9H,10-13H2,1H3,(H2,20,22,23)(H2,21,24,25). The Morgan fingerprint density at radius 3 is 1.69 bits per heavy atom. The van der Waals surface area contributed by atoms with E-state index in [1.54, 1.807) is 0 Å². The molecular formula is C19H23N7. The molecule has 26 heavy (non-hydrogen) atoms. The minimum atomic E-state index is 0.819. The molecule has 0 unspecified atom stereocenters. The van der Waals surface area contributed by atoms with Crippen molar-refractivity contribution in [1.82, 2.24) is 24.8 Å². The predicted molar refractivity (Wildman–Crippen MR) is 107 cm³/mol. The summed E-state index contributed by atoms with van der Waals surface area (Å²) >= 11 is 0. The first-order chi connectivity index (χ1) is 12.8. The van der Waals surface area contributed by atoms with Crippen molar-refractivity contribution in [3.8, 4) is 0 Å². The van der Waals surface area contributed by atoms with Crippen LogP contribution in [-0.4, -0.2) is 58.1 Å². The quantitative estimate of drug-likeness (QED) is 0.393. The number of hydrogen-bond acceptors (Lipinski definition) is 5. The molecule has 7 heteroatoms. The van der Waals surface area contributed by atoms with Crippen LogP contribution in [0, 0.1) is 0 Å². The van der Waals surface area contributed by atoms with Crippen molar-refractivity contribution in [2.75, 3.05) is 43.9 Å². The lowest BCUT2D eigenvalue weighted by Crippen LogP contribution is -2.30. The minimum absolute atomic E-state index is 0.819. The van der Waals surface area contributed by atoms with E-state index in [0.29, 0.717) is 0 Å². The second-order valence-electron chi connectivity index (χ2n) is 6.36. The van der Waals surface area contributed by atoms with Crippen LogP contribution in [0.25, 0.3) is 22.1 Å². The highest BCUT2D eigenvalue weighted by Crippen LogP contribution is 2.13. The van der Waals surface area contributed by atoms with E-state index in [0.717, 1.165) is 60.1 Å². The zero-order valence-electron chi connectivity index (χ0n) is 14.8. The summed E-state index contributed by atoms with van der Waals surface area (Å²) in [5.41, 5.74) is 4.08. The molecule has 0 aliphatic heterocycles. The molecule has 7 nitrogen and oxygen atoms in total. The number of aromatic amines is 2. The van der Waals surface area contributed by atoms with Gasteiger partial charge in [0.05, 0.1) is 22.1 Å². The normalized spacial score (nSPS) is 11.5. The maximum Gasteiger partial charge on any atom is 0.201 e. The molecule has 4 N–H and O–H groups in total. The third kappa shape index (κ3) is 3.78. The average molecular weight is 349 g/mol. The van der Waals surface area contributed by atoms with Crippen LogP contribution in [0.15, 0.2) is 48.5 Å². The van der Waals surface area contributed by atoms with E-state index in [4.69, 9.17) is 0 Å². The van der Waals surface area contributed by atoms with Gasteiger partial charge >= 0.3 is 0 Å². The molecule has 2 aromatic heterocycles. The van der Waals surface area contributed by atoms with Gasteiger partial charge in [-0.3, -0.25) is 0 Å². The average Bonchev–Trinajstić information content (AvgIpc) is 3.24. The van der Waals surface area contributed by atoms with Gasteiger partial charge in [-0.25, -0.2) is 9.97 Å². The largest absolute Gasteiger partial charge is 0.355 e. The van der Waals surface area contributed by atoms with E-state index in [9.17, 15) is 0 Å². The van der Waals surface area contributed by atoms with E-state index in [2.05, 4.69) is 42.5 Å². The van der Waals surface area contributed by atoms with Gasteiger partial charge in [0.15, 0.2) is 0 Å². The number of aromatic nitrogens is 4. The molecule has 0 aliphatic rings. The third-order valence-electron chi connectivity index (χ3n) is 4.35. The first-order valence-electron chi connectivity index (χ1n) is 8.84. The third-order valence-corrected chi connectivity index (χ3v) is 4.35. The van der Waals surface area contributed by atoms with Crippen LogP contribution in [0.5, 0.6) is 0 Å². The fraction of sp³-hybridized carbons (Fsp3) is 0.263. The van der Waals surface area contributed by atoms with Crippen LogP contribution in [0.2, 0.25) is 0 Å². The van der Waals surface area contributed by atoms with Crippen molar-refractivity contribution < 1.29 is 0 Å². The number of fused-ring (bicyclic) bond motifs is 2. The maximum absolute atomic E-state index is 4.52. The fourth-order valence-corrected chi connectivity index (χ4v) is 2.92. The summed E-state index contributed by atoms with van der Waals surface area (Å²) in [5, 5.41) is 6.69. The van der Waals surface area contributed by atoms with Gasteiger partial charge in [0.25, 0.3) is 0 Å². The Labute approximate surface area is 151 Å². The van der Waals surface area contributed by atoms with E-state index in [-0.39, 0.29) is 0 Å². The zero-order valence-corrected chi connectivity index (χ0v) is 14.8. The Bertz CT molecular complexity index is 842. The van der Waals surface area contributed by atoms with E-state index >= 15 is 0 Å². The smallest absolute Gasteiger partial charge is 0.201 e. The van der Waals surface area contributed by atoms with Gasteiger partial charge in [0, 0.05) is 26.2 Å². The van der Waals surface area contributed by atoms with Crippen LogP contribution in [0.4, 0.5) is 11.9 Å². The number of benzene rings is 2. The first kappa shape index (κ1) is 16.4. The molecule has 0 radical (unpaired) electrons. The molecule has 4 aromatic rings. The number of anilines is 2. The SMILES string of the molecule is CN(CCNc1nc2ccccc2[nH]1)CCNc1nc2ccccc2[nH]1. The summed E-state index contributed by atoms with van der Waals surface area (Å²) in [6.45, 7) is 3.53. The van der Waals surface area contributed by atoms with Crippen LogP contribution in [0.1, 0.15) is 0 Å². The van der Waals surface area contributed by atoms with Crippen molar-refractivity contribution in [2.45, 2.75) is 0 Å². The summed E-state index contributed by atoms with van der Waals surface area (Å²) in [5.74, 6) is 1.64. The molecule has 0 aliphatic carbocycles. The van der Waals surface area contributed by atoms with Crippen LogP contribution >= 0.6 is 0 Å². The van der Waals surface area contributed by atoms with Crippen LogP contribution in [-0.2, 0) is 0 Å². The molecule has 2 aromatic carbocycles. The summed E-state index contributed by atoms with van der Waals surface area (Å²) < 4.78 is 0. The van der Waals surface area contributed by atoms with Gasteiger partial charge in [-0.1, -0.05) is 24.3 Å². The number of para-hydroxylation sites is 4. The van der Waals surface area contributed by atoms with Crippen molar-refractivity contribution in [1.29, 1.82) is 0 Å². The Balaban J connectivity index is 1.19. The lowest BCUT2D eigenvalue weighted by Gasteiger charge is -2.16. The van der Waals surface area contributed by atoms with Gasteiger partial charge in [0.2, 0.25) is 11.9 Å². The lowest BCUT2D eigenvalue weighted by molar-refractivity contribution is 0.360. The van der Waals surface area contributed by atoms with Gasteiger partial charge in [0.1, 0.15) is 0 Å². The first-order valence-corrected chi connectivity index (χ1v) is 8.84. The van der Waals surface area contributed by atoms with E-state index in [1.807, 2.05) is 48.5 Å². The molecule has 0 bridgehead atoms. The van der Waals surface area contributed by atoms with Crippen molar-refractivity contribution in [3.63, 3.8) is 0 Å². The number of H-pyrrole nitrogens is 2. The number of nitrogens with one attached hydrogen (secondary N) is 4. The molecular weight excluding hydrogens is 326 g/mol. The molecule has 0 saturated carbocycles. The molecule has 0 spiro atoms. The highest BCUT2D eigenvalue weighted by Gasteiger charge is 2.04.